The molecule has 0 saturated carbocycles. The number of hydrogen-bond acceptors (Lipinski definition) is 8. The molecule has 39 heavy (non-hydrogen) atoms. The van der Waals surface area contributed by atoms with Crippen LogP contribution in [0.3, 0.4) is 0 Å². The number of nitrogens with zero attached hydrogens (tertiary/aromatic N) is 7. The van der Waals surface area contributed by atoms with E-state index in [1.807, 2.05) is 14.1 Å². The maximum Gasteiger partial charge on any atom is 0.318 e. The molecule has 2 aliphatic heterocycles. The summed E-state index contributed by atoms with van der Waals surface area (Å²) in [5.41, 5.74) is 4.99. The second-order valence-corrected chi connectivity index (χ2v) is 11.1. The fourth-order valence-electron chi connectivity index (χ4n) is 6.32. The highest BCUT2D eigenvalue weighted by molar-refractivity contribution is 5.87. The van der Waals surface area contributed by atoms with E-state index >= 15 is 0 Å². The van der Waals surface area contributed by atoms with E-state index < -0.39 is 0 Å². The molecule has 9 heteroatoms. The SMILES string of the molecule is C=CC(=O)N1CCN(c2nc(OCCN(C)C)nc3c2CCC(N2c4ccccc4CC2C)C3)CC1CC#N. The third-order valence-electron chi connectivity index (χ3n) is 8.20. The van der Waals surface area contributed by atoms with Gasteiger partial charge in [-0.05, 0) is 58.0 Å². The van der Waals surface area contributed by atoms with Crippen molar-refractivity contribution in [3.8, 4) is 12.1 Å². The zero-order chi connectivity index (χ0) is 27.5. The standard InChI is InChI=1S/C30H39N7O2/c1-5-28(38)36-15-14-35(20-24(36)12-13-31)29-25-11-10-23(37-21(2)18-22-8-6-7-9-27(22)37)19-26(25)32-30(33-29)39-17-16-34(3)4/h5-9,21,23-24H,1,10-12,14-20H2,2-4H3. The van der Waals surface area contributed by atoms with Crippen molar-refractivity contribution in [1.29, 1.82) is 5.26 Å². The maximum absolute atomic E-state index is 12.5. The molecule has 0 N–H and O–H groups in total. The first-order valence-electron chi connectivity index (χ1n) is 14.0. The lowest BCUT2D eigenvalue weighted by Crippen LogP contribution is -2.55. The number of hydrogen-bond donors (Lipinski definition) is 0. The molecule has 1 amide bonds. The van der Waals surface area contributed by atoms with Gasteiger partial charge in [-0.15, -0.1) is 0 Å². The van der Waals surface area contributed by atoms with Crippen LogP contribution in [0, 0.1) is 11.3 Å². The Bertz CT molecular complexity index is 1260. The molecule has 0 spiro atoms. The van der Waals surface area contributed by atoms with Crippen LogP contribution in [-0.4, -0.2) is 90.7 Å². The van der Waals surface area contributed by atoms with Crippen molar-refractivity contribution in [2.24, 2.45) is 0 Å². The van der Waals surface area contributed by atoms with Crippen LogP contribution in [0.15, 0.2) is 36.9 Å². The maximum atomic E-state index is 12.5. The summed E-state index contributed by atoms with van der Waals surface area (Å²) in [6.07, 6.45) is 5.42. The van der Waals surface area contributed by atoms with E-state index in [2.05, 4.69) is 58.5 Å². The lowest BCUT2D eigenvalue weighted by atomic mass is 9.90. The predicted molar refractivity (Wildman–Crippen MR) is 152 cm³/mol. The highest BCUT2D eigenvalue weighted by atomic mass is 16.5. The van der Waals surface area contributed by atoms with Crippen molar-refractivity contribution in [1.82, 2.24) is 19.8 Å². The molecule has 3 atom stereocenters. The van der Waals surface area contributed by atoms with Crippen LogP contribution in [0.5, 0.6) is 6.01 Å². The highest BCUT2D eigenvalue weighted by Gasteiger charge is 2.37. The molecule has 1 aromatic carbocycles. The number of aromatic nitrogens is 2. The molecular weight excluding hydrogens is 490 g/mol. The molecule has 3 aliphatic rings. The van der Waals surface area contributed by atoms with E-state index in [0.717, 1.165) is 43.7 Å². The van der Waals surface area contributed by atoms with Crippen LogP contribution in [0.2, 0.25) is 0 Å². The highest BCUT2D eigenvalue weighted by Crippen LogP contribution is 2.39. The van der Waals surface area contributed by atoms with Gasteiger partial charge in [0, 0.05) is 55.9 Å². The van der Waals surface area contributed by atoms with Crippen molar-refractivity contribution in [3.63, 3.8) is 0 Å². The lowest BCUT2D eigenvalue weighted by molar-refractivity contribution is -0.128. The minimum absolute atomic E-state index is 0.129. The summed E-state index contributed by atoms with van der Waals surface area (Å²) in [5, 5.41) is 9.46. The third-order valence-corrected chi connectivity index (χ3v) is 8.20. The van der Waals surface area contributed by atoms with E-state index in [4.69, 9.17) is 14.7 Å². The van der Waals surface area contributed by atoms with Gasteiger partial charge in [0.15, 0.2) is 0 Å². The minimum atomic E-state index is -0.212. The average molecular weight is 530 g/mol. The van der Waals surface area contributed by atoms with Crippen molar-refractivity contribution in [3.05, 3.63) is 53.7 Å². The minimum Gasteiger partial charge on any atom is -0.462 e. The normalized spacial score (nSPS) is 22.3. The van der Waals surface area contributed by atoms with E-state index in [9.17, 15) is 10.1 Å². The summed E-state index contributed by atoms with van der Waals surface area (Å²) in [6, 6.07) is 12.0. The van der Waals surface area contributed by atoms with E-state index in [-0.39, 0.29) is 18.4 Å². The molecule has 1 saturated heterocycles. The fraction of sp³-hybridized carbons (Fsp3) is 0.533. The Labute approximate surface area is 231 Å². The number of rotatable bonds is 8. The molecule has 1 aliphatic carbocycles. The van der Waals surface area contributed by atoms with Gasteiger partial charge < -0.3 is 24.3 Å². The third kappa shape index (κ3) is 5.57. The molecule has 2 aromatic rings. The molecule has 0 radical (unpaired) electrons. The van der Waals surface area contributed by atoms with Gasteiger partial charge in [-0.2, -0.15) is 15.2 Å². The van der Waals surface area contributed by atoms with Crippen LogP contribution in [0.1, 0.15) is 36.6 Å². The number of ether oxygens (including phenoxy) is 1. The van der Waals surface area contributed by atoms with E-state index in [1.165, 1.54) is 22.9 Å². The topological polar surface area (TPSA) is 88.8 Å². The Hall–Kier alpha value is -3.64. The molecule has 3 heterocycles. The van der Waals surface area contributed by atoms with Gasteiger partial charge in [0.25, 0.3) is 0 Å². The molecule has 5 rings (SSSR count). The summed E-state index contributed by atoms with van der Waals surface area (Å²) in [4.78, 5) is 31.0. The fourth-order valence-corrected chi connectivity index (χ4v) is 6.32. The summed E-state index contributed by atoms with van der Waals surface area (Å²) in [7, 11) is 4.03. The zero-order valence-corrected chi connectivity index (χ0v) is 23.3. The van der Waals surface area contributed by atoms with Gasteiger partial charge in [-0.1, -0.05) is 24.8 Å². The van der Waals surface area contributed by atoms with Gasteiger partial charge in [0.1, 0.15) is 12.4 Å². The van der Waals surface area contributed by atoms with Gasteiger partial charge in [0.05, 0.1) is 24.2 Å². The number of carbonyl (C=O) groups excluding carboxylic acids is 1. The Morgan fingerprint density at radius 2 is 2.08 bits per heavy atom. The first kappa shape index (κ1) is 26.9. The van der Waals surface area contributed by atoms with Gasteiger partial charge in [-0.25, -0.2) is 0 Å². The molecule has 1 aromatic heterocycles. The molecular formula is C30H39N7O2. The number of amides is 1. The summed E-state index contributed by atoms with van der Waals surface area (Å²) in [6.45, 7) is 8.95. The number of fused-ring (bicyclic) bond motifs is 2. The number of carbonyl (C=O) groups is 1. The quantitative estimate of drug-likeness (QED) is 0.483. The summed E-state index contributed by atoms with van der Waals surface area (Å²) >= 11 is 0. The van der Waals surface area contributed by atoms with Crippen molar-refractivity contribution in [2.75, 3.05) is 56.7 Å². The van der Waals surface area contributed by atoms with Gasteiger partial charge in [-0.3, -0.25) is 4.79 Å². The van der Waals surface area contributed by atoms with E-state index in [1.54, 1.807) is 4.90 Å². The first-order chi connectivity index (χ1) is 18.9. The number of piperazine rings is 1. The van der Waals surface area contributed by atoms with E-state index in [0.29, 0.717) is 44.3 Å². The molecule has 9 nitrogen and oxygen atoms in total. The average Bonchev–Trinajstić information content (AvgIpc) is 3.27. The lowest BCUT2D eigenvalue weighted by Gasteiger charge is -2.42. The Morgan fingerprint density at radius 3 is 2.85 bits per heavy atom. The van der Waals surface area contributed by atoms with Crippen LogP contribution < -0.4 is 14.5 Å². The molecule has 206 valence electrons. The van der Waals surface area contributed by atoms with Crippen molar-refractivity contribution in [2.45, 2.75) is 57.2 Å². The largest absolute Gasteiger partial charge is 0.462 e. The number of benzene rings is 1. The molecule has 0 bridgehead atoms. The summed E-state index contributed by atoms with van der Waals surface area (Å²) < 4.78 is 6.07. The Balaban J connectivity index is 1.45. The van der Waals surface area contributed by atoms with Crippen LogP contribution in [-0.2, 0) is 24.1 Å². The number of likely N-dealkylation sites (N-methyl/N-ethyl adjacent to an activating group) is 1. The predicted octanol–water partition coefficient (Wildman–Crippen LogP) is 2.84. The van der Waals surface area contributed by atoms with Crippen LogP contribution in [0.25, 0.3) is 0 Å². The van der Waals surface area contributed by atoms with Crippen molar-refractivity contribution < 1.29 is 9.53 Å². The van der Waals surface area contributed by atoms with Crippen LogP contribution >= 0.6 is 0 Å². The second-order valence-electron chi connectivity index (χ2n) is 11.1. The van der Waals surface area contributed by atoms with Crippen LogP contribution in [0.4, 0.5) is 11.5 Å². The van der Waals surface area contributed by atoms with Gasteiger partial charge in [0.2, 0.25) is 5.91 Å². The zero-order valence-electron chi connectivity index (χ0n) is 23.3. The number of para-hydroxylation sites is 1. The second kappa shape index (κ2) is 11.6. The monoisotopic (exact) mass is 529 g/mol. The first-order valence-corrected chi connectivity index (χ1v) is 14.0. The van der Waals surface area contributed by atoms with Gasteiger partial charge >= 0.3 is 6.01 Å². The number of anilines is 2. The molecule has 3 unspecified atom stereocenters. The summed E-state index contributed by atoms with van der Waals surface area (Å²) in [5.74, 6) is 0.761. The Kier molecular flexibility index (Phi) is 8.03. The Morgan fingerprint density at radius 1 is 1.26 bits per heavy atom. The smallest absolute Gasteiger partial charge is 0.318 e. The van der Waals surface area contributed by atoms with Crippen molar-refractivity contribution >= 4 is 17.4 Å². The number of nitriles is 1. The molecule has 1 fully saturated rings.